The summed E-state index contributed by atoms with van der Waals surface area (Å²) >= 11 is 0. The third kappa shape index (κ3) is 4.70. The van der Waals surface area contributed by atoms with Crippen LogP contribution in [0.25, 0.3) is 0 Å². The van der Waals surface area contributed by atoms with Crippen LogP contribution in [0.1, 0.15) is 22.7 Å². The van der Waals surface area contributed by atoms with E-state index in [4.69, 9.17) is 0 Å². The lowest BCUT2D eigenvalue weighted by Gasteiger charge is -2.20. The van der Waals surface area contributed by atoms with Crippen molar-refractivity contribution >= 4 is 11.7 Å². The Balaban J connectivity index is 1.75. The number of hydrogen-bond donors (Lipinski definition) is 2. The molecule has 0 bridgehead atoms. The number of carbonyl (C=O) groups excluding carboxylic acids is 1. The van der Waals surface area contributed by atoms with Gasteiger partial charge in [0.1, 0.15) is 0 Å². The second-order valence-corrected chi connectivity index (χ2v) is 6.07. The number of hydrogen-bond acceptors (Lipinski definition) is 1. The number of rotatable bonds is 5. The molecule has 1 atom stereocenters. The molecule has 25 heavy (non-hydrogen) atoms. The van der Waals surface area contributed by atoms with Crippen LogP contribution in [0.4, 0.5) is 10.5 Å². The Morgan fingerprint density at radius 1 is 0.840 bits per heavy atom. The lowest BCUT2D eigenvalue weighted by Crippen LogP contribution is -2.33. The lowest BCUT2D eigenvalue weighted by atomic mass is 9.99. The average molecular weight is 330 g/mol. The summed E-state index contributed by atoms with van der Waals surface area (Å²) < 4.78 is 0. The van der Waals surface area contributed by atoms with Gasteiger partial charge in [-0.1, -0.05) is 78.9 Å². The van der Waals surface area contributed by atoms with Crippen molar-refractivity contribution in [3.63, 3.8) is 0 Å². The number of amides is 2. The van der Waals surface area contributed by atoms with Gasteiger partial charge < -0.3 is 10.6 Å². The molecule has 0 saturated carbocycles. The highest BCUT2D eigenvalue weighted by atomic mass is 16.2. The predicted octanol–water partition coefficient (Wildman–Crippen LogP) is 5.10. The molecular formula is C22H22N2O. The van der Waals surface area contributed by atoms with Gasteiger partial charge in [0.2, 0.25) is 0 Å². The summed E-state index contributed by atoms with van der Waals surface area (Å²) in [5, 5.41) is 6.05. The van der Waals surface area contributed by atoms with Crippen molar-refractivity contribution in [2.45, 2.75) is 19.4 Å². The minimum Gasteiger partial charge on any atom is -0.331 e. The summed E-state index contributed by atoms with van der Waals surface area (Å²) in [6.07, 6.45) is 0.742. The van der Waals surface area contributed by atoms with Crippen LogP contribution in [0.15, 0.2) is 84.9 Å². The number of nitrogens with one attached hydrogen (secondary N) is 2. The molecule has 2 amide bonds. The Bertz CT molecular complexity index is 816. The number of carbonyl (C=O) groups is 1. The quantitative estimate of drug-likeness (QED) is 0.671. The molecule has 0 aliphatic carbocycles. The summed E-state index contributed by atoms with van der Waals surface area (Å²) in [6.45, 7) is 1.98. The van der Waals surface area contributed by atoms with Gasteiger partial charge in [0, 0.05) is 5.69 Å². The number of para-hydroxylation sites is 1. The van der Waals surface area contributed by atoms with Gasteiger partial charge >= 0.3 is 6.03 Å². The molecule has 0 aliphatic rings. The Kier molecular flexibility index (Phi) is 5.47. The number of anilines is 1. The molecule has 0 fully saturated rings. The standard InChI is InChI=1S/C22H22N2O/c1-17-10-8-9-15-20(17)23-22(25)24-21(19-13-6-3-7-14-19)16-18-11-4-2-5-12-18/h2-15,21H,16H2,1H3,(H2,23,24,25)/t21-/m1/s1. The smallest absolute Gasteiger partial charge is 0.319 e. The highest BCUT2D eigenvalue weighted by molar-refractivity contribution is 5.90. The van der Waals surface area contributed by atoms with Gasteiger partial charge in [0.15, 0.2) is 0 Å². The van der Waals surface area contributed by atoms with Crippen molar-refractivity contribution in [2.75, 3.05) is 5.32 Å². The minimum absolute atomic E-state index is 0.0902. The third-order valence-electron chi connectivity index (χ3n) is 4.18. The van der Waals surface area contributed by atoms with Crippen molar-refractivity contribution in [3.05, 3.63) is 102 Å². The monoisotopic (exact) mass is 330 g/mol. The van der Waals surface area contributed by atoms with Crippen LogP contribution in [-0.4, -0.2) is 6.03 Å². The van der Waals surface area contributed by atoms with Crippen LogP contribution in [-0.2, 0) is 6.42 Å². The fourth-order valence-corrected chi connectivity index (χ4v) is 2.82. The van der Waals surface area contributed by atoms with E-state index in [2.05, 4.69) is 22.8 Å². The molecule has 3 nitrogen and oxygen atoms in total. The number of aryl methyl sites for hydroxylation is 1. The second kappa shape index (κ2) is 8.15. The van der Waals surface area contributed by atoms with E-state index in [-0.39, 0.29) is 12.1 Å². The van der Waals surface area contributed by atoms with Gasteiger partial charge in [-0.05, 0) is 36.1 Å². The zero-order valence-corrected chi connectivity index (χ0v) is 14.3. The van der Waals surface area contributed by atoms with E-state index >= 15 is 0 Å². The normalized spacial score (nSPS) is 11.6. The van der Waals surface area contributed by atoms with Crippen molar-refractivity contribution in [3.8, 4) is 0 Å². The van der Waals surface area contributed by atoms with Gasteiger partial charge in [0.25, 0.3) is 0 Å². The van der Waals surface area contributed by atoms with Crippen LogP contribution >= 0.6 is 0 Å². The largest absolute Gasteiger partial charge is 0.331 e. The van der Waals surface area contributed by atoms with Crippen LogP contribution in [0.2, 0.25) is 0 Å². The maximum absolute atomic E-state index is 12.5. The molecule has 0 aromatic heterocycles. The van der Waals surface area contributed by atoms with Crippen LogP contribution in [0.3, 0.4) is 0 Å². The summed E-state index contributed by atoms with van der Waals surface area (Å²) in [5.74, 6) is 0. The lowest BCUT2D eigenvalue weighted by molar-refractivity contribution is 0.248. The maximum atomic E-state index is 12.5. The van der Waals surface area contributed by atoms with Gasteiger partial charge in [0.05, 0.1) is 6.04 Å². The first-order valence-electron chi connectivity index (χ1n) is 8.44. The van der Waals surface area contributed by atoms with Crippen LogP contribution < -0.4 is 10.6 Å². The Labute approximate surface area is 148 Å². The van der Waals surface area contributed by atoms with Gasteiger partial charge in [-0.15, -0.1) is 0 Å². The maximum Gasteiger partial charge on any atom is 0.319 e. The third-order valence-corrected chi connectivity index (χ3v) is 4.18. The minimum atomic E-state index is -0.195. The van der Waals surface area contributed by atoms with Gasteiger partial charge in [-0.3, -0.25) is 0 Å². The summed E-state index contributed by atoms with van der Waals surface area (Å²) in [4.78, 5) is 12.5. The molecular weight excluding hydrogens is 308 g/mol. The van der Waals surface area contributed by atoms with Gasteiger partial charge in [-0.2, -0.15) is 0 Å². The number of urea groups is 1. The topological polar surface area (TPSA) is 41.1 Å². The van der Waals surface area contributed by atoms with Gasteiger partial charge in [-0.25, -0.2) is 4.79 Å². The number of benzene rings is 3. The van der Waals surface area contributed by atoms with E-state index < -0.39 is 0 Å². The average Bonchev–Trinajstić information content (AvgIpc) is 2.65. The molecule has 3 rings (SSSR count). The highest BCUT2D eigenvalue weighted by Crippen LogP contribution is 2.19. The zero-order chi connectivity index (χ0) is 17.5. The first-order chi connectivity index (χ1) is 12.2. The van der Waals surface area contributed by atoms with Crippen LogP contribution in [0.5, 0.6) is 0 Å². The molecule has 0 saturated heterocycles. The Hall–Kier alpha value is -3.07. The summed E-state index contributed by atoms with van der Waals surface area (Å²) in [6, 6.07) is 27.7. The molecule has 2 N–H and O–H groups in total. The SMILES string of the molecule is Cc1ccccc1NC(=O)N[C@H](Cc1ccccc1)c1ccccc1. The fourth-order valence-electron chi connectivity index (χ4n) is 2.82. The molecule has 3 aromatic rings. The molecule has 0 heterocycles. The Morgan fingerprint density at radius 2 is 1.44 bits per heavy atom. The molecule has 0 unspecified atom stereocenters. The van der Waals surface area contributed by atoms with E-state index in [9.17, 15) is 4.79 Å². The molecule has 126 valence electrons. The Morgan fingerprint density at radius 3 is 2.12 bits per heavy atom. The van der Waals surface area contributed by atoms with Crippen molar-refractivity contribution in [2.24, 2.45) is 0 Å². The van der Waals surface area contributed by atoms with Crippen molar-refractivity contribution < 1.29 is 4.79 Å². The van der Waals surface area contributed by atoms with E-state index in [1.54, 1.807) is 0 Å². The predicted molar refractivity (Wildman–Crippen MR) is 103 cm³/mol. The fraction of sp³-hybridized carbons (Fsp3) is 0.136. The summed E-state index contributed by atoms with van der Waals surface area (Å²) in [7, 11) is 0. The molecule has 0 aliphatic heterocycles. The molecule has 3 heteroatoms. The van der Waals surface area contributed by atoms with E-state index in [0.29, 0.717) is 0 Å². The van der Waals surface area contributed by atoms with E-state index in [1.165, 1.54) is 5.56 Å². The summed E-state index contributed by atoms with van der Waals surface area (Å²) in [5.41, 5.74) is 4.14. The second-order valence-electron chi connectivity index (χ2n) is 6.07. The molecule has 0 spiro atoms. The van der Waals surface area contributed by atoms with Crippen LogP contribution in [0, 0.1) is 6.92 Å². The van der Waals surface area contributed by atoms with Crippen molar-refractivity contribution in [1.82, 2.24) is 5.32 Å². The van der Waals surface area contributed by atoms with E-state index in [1.807, 2.05) is 79.7 Å². The highest BCUT2D eigenvalue weighted by Gasteiger charge is 2.15. The first kappa shape index (κ1) is 16.8. The van der Waals surface area contributed by atoms with Crippen molar-refractivity contribution in [1.29, 1.82) is 0 Å². The van der Waals surface area contributed by atoms with E-state index in [0.717, 1.165) is 23.2 Å². The molecule has 0 radical (unpaired) electrons. The zero-order valence-electron chi connectivity index (χ0n) is 14.3. The first-order valence-corrected chi connectivity index (χ1v) is 8.44. The molecule has 3 aromatic carbocycles.